The molecule has 1 aromatic rings. The van der Waals surface area contributed by atoms with E-state index < -0.39 is 0 Å². The predicted octanol–water partition coefficient (Wildman–Crippen LogP) is 2.73. The first-order valence-corrected chi connectivity index (χ1v) is 6.25. The molecule has 98 valence electrons. The van der Waals surface area contributed by atoms with E-state index in [0.29, 0.717) is 22.2 Å². The van der Waals surface area contributed by atoms with Crippen molar-refractivity contribution < 1.29 is 4.79 Å². The molecule has 1 atom stereocenters. The molecule has 0 aliphatic rings. The highest BCUT2D eigenvalue weighted by molar-refractivity contribution is 7.80. The highest BCUT2D eigenvalue weighted by atomic mass is 35.5. The lowest BCUT2D eigenvalue weighted by Gasteiger charge is -2.21. The number of rotatable bonds is 4. The number of halogens is 1. The number of anilines is 1. The van der Waals surface area contributed by atoms with Gasteiger partial charge in [-0.2, -0.15) is 0 Å². The van der Waals surface area contributed by atoms with Crippen molar-refractivity contribution in [3.63, 3.8) is 0 Å². The van der Waals surface area contributed by atoms with Gasteiger partial charge in [0.1, 0.15) is 0 Å². The van der Waals surface area contributed by atoms with E-state index in [1.807, 2.05) is 6.92 Å². The lowest BCUT2D eigenvalue weighted by Crippen LogP contribution is -2.37. The first-order chi connectivity index (χ1) is 8.40. The summed E-state index contributed by atoms with van der Waals surface area (Å²) in [5.74, 6) is -0.0130. The summed E-state index contributed by atoms with van der Waals surface area (Å²) in [7, 11) is 1.69. The Morgan fingerprint density at radius 3 is 2.56 bits per heavy atom. The third-order valence-corrected chi connectivity index (χ3v) is 3.13. The number of thiocarbonyl (C=S) groups is 1. The molecular weight excluding hydrogens is 270 g/mol. The second-order valence-corrected chi connectivity index (χ2v) is 5.03. The quantitative estimate of drug-likeness (QED) is 0.836. The molecule has 1 aromatic carbocycles. The van der Waals surface area contributed by atoms with Gasteiger partial charge in [0, 0.05) is 30.2 Å². The van der Waals surface area contributed by atoms with Crippen molar-refractivity contribution in [1.29, 1.82) is 0 Å². The minimum absolute atomic E-state index is 0.0130. The summed E-state index contributed by atoms with van der Waals surface area (Å²) in [6.07, 6.45) is 0. The van der Waals surface area contributed by atoms with E-state index >= 15 is 0 Å². The minimum atomic E-state index is -0.208. The number of nitrogens with zero attached hydrogens (tertiary/aromatic N) is 1. The fourth-order valence-corrected chi connectivity index (χ4v) is 1.54. The van der Waals surface area contributed by atoms with Gasteiger partial charge >= 0.3 is 6.03 Å². The van der Waals surface area contributed by atoms with E-state index in [2.05, 4.69) is 5.32 Å². The fraction of sp³-hybridized carbons (Fsp3) is 0.333. The summed E-state index contributed by atoms with van der Waals surface area (Å²) in [5, 5.41) is 3.39. The highest BCUT2D eigenvalue weighted by Crippen LogP contribution is 2.13. The van der Waals surface area contributed by atoms with Gasteiger partial charge in [-0.15, -0.1) is 0 Å². The van der Waals surface area contributed by atoms with Gasteiger partial charge < -0.3 is 16.0 Å². The fourth-order valence-electron chi connectivity index (χ4n) is 1.34. The molecule has 0 aliphatic heterocycles. The molecule has 18 heavy (non-hydrogen) atoms. The third-order valence-electron chi connectivity index (χ3n) is 2.48. The lowest BCUT2D eigenvalue weighted by molar-refractivity contribution is 0.220. The van der Waals surface area contributed by atoms with Crippen LogP contribution in [0.3, 0.4) is 0 Å². The Bertz CT molecular complexity index is 435. The molecule has 0 spiro atoms. The number of urea groups is 1. The van der Waals surface area contributed by atoms with E-state index in [4.69, 9.17) is 29.6 Å². The lowest BCUT2D eigenvalue weighted by atomic mass is 10.2. The van der Waals surface area contributed by atoms with E-state index in [1.54, 1.807) is 36.2 Å². The molecule has 0 fully saturated rings. The number of amides is 2. The molecule has 0 aliphatic carbocycles. The van der Waals surface area contributed by atoms with Gasteiger partial charge in [0.05, 0.1) is 4.99 Å². The van der Waals surface area contributed by atoms with Crippen LogP contribution in [0.5, 0.6) is 0 Å². The van der Waals surface area contributed by atoms with Crippen LogP contribution in [-0.4, -0.2) is 29.5 Å². The predicted molar refractivity (Wildman–Crippen MR) is 79.1 cm³/mol. The summed E-state index contributed by atoms with van der Waals surface area (Å²) < 4.78 is 0. The maximum Gasteiger partial charge on any atom is 0.321 e. The normalized spacial score (nSPS) is 11.7. The van der Waals surface area contributed by atoms with Crippen LogP contribution >= 0.6 is 23.8 Å². The SMILES string of the molecule is CC(CN(C)C(=O)Nc1ccc(Cl)cc1)C(N)=S. The Morgan fingerprint density at radius 2 is 2.06 bits per heavy atom. The number of nitrogens with two attached hydrogens (primary N) is 1. The molecule has 6 heteroatoms. The van der Waals surface area contributed by atoms with E-state index in [9.17, 15) is 4.79 Å². The third kappa shape index (κ3) is 4.50. The standard InChI is InChI=1S/C12H16ClN3OS/c1-8(11(14)18)7-16(2)12(17)15-10-5-3-9(13)4-6-10/h3-6,8H,7H2,1-2H3,(H2,14,18)(H,15,17). The van der Waals surface area contributed by atoms with Crippen molar-refractivity contribution in [1.82, 2.24) is 4.90 Å². The first-order valence-electron chi connectivity index (χ1n) is 5.47. The van der Waals surface area contributed by atoms with Crippen LogP contribution in [0.15, 0.2) is 24.3 Å². The Morgan fingerprint density at radius 1 is 1.50 bits per heavy atom. The van der Waals surface area contributed by atoms with Gasteiger partial charge in [-0.05, 0) is 24.3 Å². The first kappa shape index (κ1) is 14.7. The van der Waals surface area contributed by atoms with Crippen molar-refractivity contribution in [2.75, 3.05) is 18.9 Å². The maximum atomic E-state index is 11.9. The Labute approximate surface area is 117 Å². The highest BCUT2D eigenvalue weighted by Gasteiger charge is 2.13. The van der Waals surface area contributed by atoms with Crippen molar-refractivity contribution in [3.05, 3.63) is 29.3 Å². The number of hydrogen-bond acceptors (Lipinski definition) is 2. The summed E-state index contributed by atoms with van der Waals surface area (Å²) >= 11 is 10.6. The smallest absolute Gasteiger partial charge is 0.321 e. The number of nitrogens with one attached hydrogen (secondary N) is 1. The molecule has 0 aromatic heterocycles. The average molecular weight is 286 g/mol. The zero-order valence-electron chi connectivity index (χ0n) is 10.3. The van der Waals surface area contributed by atoms with Crippen molar-refractivity contribution in [2.45, 2.75) is 6.92 Å². The van der Waals surface area contributed by atoms with Crippen molar-refractivity contribution in [3.8, 4) is 0 Å². The molecule has 0 radical (unpaired) electrons. The van der Waals surface area contributed by atoms with Crippen LogP contribution in [0.25, 0.3) is 0 Å². The van der Waals surface area contributed by atoms with Crippen LogP contribution in [0, 0.1) is 5.92 Å². The molecule has 0 saturated heterocycles. The molecule has 4 nitrogen and oxygen atoms in total. The van der Waals surface area contributed by atoms with Crippen LogP contribution in [-0.2, 0) is 0 Å². The molecule has 1 unspecified atom stereocenters. The minimum Gasteiger partial charge on any atom is -0.393 e. The Hall–Kier alpha value is -1.33. The summed E-state index contributed by atoms with van der Waals surface area (Å²) in [6.45, 7) is 2.36. The van der Waals surface area contributed by atoms with Gasteiger partial charge in [0.2, 0.25) is 0 Å². The molecule has 3 N–H and O–H groups in total. The Kier molecular flexibility index (Phi) is 5.37. The second-order valence-electron chi connectivity index (χ2n) is 4.12. The second kappa shape index (κ2) is 6.56. The monoisotopic (exact) mass is 285 g/mol. The molecular formula is C12H16ClN3OS. The van der Waals surface area contributed by atoms with Crippen molar-refractivity contribution >= 4 is 40.5 Å². The van der Waals surface area contributed by atoms with Crippen LogP contribution in [0.4, 0.5) is 10.5 Å². The number of benzene rings is 1. The zero-order valence-corrected chi connectivity index (χ0v) is 11.9. The number of carbonyl (C=O) groups is 1. The summed E-state index contributed by atoms with van der Waals surface area (Å²) in [6, 6.07) is 6.71. The Balaban J connectivity index is 2.54. The molecule has 0 saturated carbocycles. The summed E-state index contributed by atoms with van der Waals surface area (Å²) in [4.78, 5) is 13.8. The topological polar surface area (TPSA) is 58.4 Å². The van der Waals surface area contributed by atoms with Crippen LogP contribution < -0.4 is 11.1 Å². The zero-order chi connectivity index (χ0) is 13.7. The van der Waals surface area contributed by atoms with Gasteiger partial charge in [-0.1, -0.05) is 30.7 Å². The summed E-state index contributed by atoms with van der Waals surface area (Å²) in [5.41, 5.74) is 6.21. The van der Waals surface area contributed by atoms with Gasteiger partial charge in [0.25, 0.3) is 0 Å². The molecule has 1 rings (SSSR count). The van der Waals surface area contributed by atoms with Gasteiger partial charge in [-0.25, -0.2) is 4.79 Å². The number of hydrogen-bond donors (Lipinski definition) is 2. The molecule has 0 heterocycles. The largest absolute Gasteiger partial charge is 0.393 e. The van der Waals surface area contributed by atoms with Gasteiger partial charge in [0.15, 0.2) is 0 Å². The van der Waals surface area contributed by atoms with Crippen LogP contribution in [0.2, 0.25) is 5.02 Å². The molecule has 2 amide bonds. The molecule has 0 bridgehead atoms. The average Bonchev–Trinajstić information content (AvgIpc) is 2.31. The number of carbonyl (C=O) groups excluding carboxylic acids is 1. The van der Waals surface area contributed by atoms with Crippen LogP contribution in [0.1, 0.15) is 6.92 Å². The maximum absolute atomic E-state index is 11.9. The van der Waals surface area contributed by atoms with E-state index in [1.165, 1.54) is 0 Å². The van der Waals surface area contributed by atoms with E-state index in [0.717, 1.165) is 0 Å². The van der Waals surface area contributed by atoms with E-state index in [-0.39, 0.29) is 11.9 Å². The van der Waals surface area contributed by atoms with Crippen molar-refractivity contribution in [2.24, 2.45) is 11.7 Å². The van der Waals surface area contributed by atoms with Gasteiger partial charge in [-0.3, -0.25) is 0 Å².